The summed E-state index contributed by atoms with van der Waals surface area (Å²) in [5, 5.41) is 15.0. The predicted octanol–water partition coefficient (Wildman–Crippen LogP) is 1.82. The molecule has 1 heterocycles. The molecule has 1 N–H and O–H groups in total. The number of tetrazole rings is 1. The molecule has 0 fully saturated rings. The minimum atomic E-state index is -3.11. The molecular weight excluding hydrogens is 326 g/mol. The Morgan fingerprint density at radius 2 is 1.75 bits per heavy atom. The molecule has 0 unspecified atom stereocenters. The van der Waals surface area contributed by atoms with Crippen molar-refractivity contribution in [1.29, 1.82) is 0 Å². The molecule has 8 heteroatoms. The van der Waals surface area contributed by atoms with Crippen molar-refractivity contribution in [1.82, 2.24) is 20.2 Å². The second kappa shape index (κ2) is 6.79. The lowest BCUT2D eigenvalue weighted by atomic mass is 10.2. The van der Waals surface area contributed by atoms with Crippen LogP contribution in [0.5, 0.6) is 0 Å². The van der Waals surface area contributed by atoms with Crippen molar-refractivity contribution < 1.29 is 8.42 Å². The Balaban J connectivity index is 1.80. The number of sulfone groups is 1. The zero-order chi connectivity index (χ0) is 17.0. The van der Waals surface area contributed by atoms with Crippen molar-refractivity contribution in [3.63, 3.8) is 0 Å². The molecule has 3 aromatic rings. The van der Waals surface area contributed by atoms with Crippen LogP contribution in [-0.4, -0.2) is 34.9 Å². The largest absolute Gasteiger partial charge is 0.377 e. The molecular formula is C16H17N5O2S. The molecule has 24 heavy (non-hydrogen) atoms. The standard InChI is InChI=1S/C16H17N5O2S/c1-24(22,23)12-13-7-5-6-10-15(13)17-11-16-18-19-20-21(16)14-8-3-2-4-9-14/h2-10,17H,11-12H2,1H3. The normalized spacial score (nSPS) is 11.4. The van der Waals surface area contributed by atoms with Gasteiger partial charge in [-0.1, -0.05) is 36.4 Å². The first-order valence-corrected chi connectivity index (χ1v) is 9.41. The summed E-state index contributed by atoms with van der Waals surface area (Å²) in [7, 11) is -3.11. The van der Waals surface area contributed by atoms with Crippen LogP contribution in [0.4, 0.5) is 5.69 Å². The van der Waals surface area contributed by atoms with Crippen LogP contribution < -0.4 is 5.32 Å². The molecule has 2 aromatic carbocycles. The van der Waals surface area contributed by atoms with Gasteiger partial charge in [-0.3, -0.25) is 0 Å². The fraction of sp³-hybridized carbons (Fsp3) is 0.188. The summed E-state index contributed by atoms with van der Waals surface area (Å²) in [4.78, 5) is 0. The second-order valence-corrected chi connectivity index (χ2v) is 7.56. The summed E-state index contributed by atoms with van der Waals surface area (Å²) in [6.07, 6.45) is 1.22. The Morgan fingerprint density at radius 3 is 2.50 bits per heavy atom. The first kappa shape index (κ1) is 16.1. The molecule has 0 radical (unpaired) electrons. The van der Waals surface area contributed by atoms with E-state index in [-0.39, 0.29) is 5.75 Å². The van der Waals surface area contributed by atoms with Gasteiger partial charge >= 0.3 is 0 Å². The number of aromatic nitrogens is 4. The number of nitrogens with zero attached hydrogens (tertiary/aromatic N) is 4. The third-order valence-corrected chi connectivity index (χ3v) is 4.24. The van der Waals surface area contributed by atoms with E-state index in [9.17, 15) is 8.42 Å². The van der Waals surface area contributed by atoms with Crippen LogP contribution in [0.1, 0.15) is 11.4 Å². The Bertz CT molecular complexity index is 922. The Kier molecular flexibility index (Phi) is 4.57. The molecule has 1 aromatic heterocycles. The van der Waals surface area contributed by atoms with Crippen LogP contribution >= 0.6 is 0 Å². The lowest BCUT2D eigenvalue weighted by molar-refractivity contribution is 0.601. The van der Waals surface area contributed by atoms with Gasteiger partial charge in [-0.15, -0.1) is 5.10 Å². The van der Waals surface area contributed by atoms with Crippen LogP contribution in [-0.2, 0) is 22.1 Å². The van der Waals surface area contributed by atoms with Gasteiger partial charge in [-0.25, -0.2) is 8.42 Å². The lowest BCUT2D eigenvalue weighted by Gasteiger charge is -2.11. The highest BCUT2D eigenvalue weighted by molar-refractivity contribution is 7.89. The maximum Gasteiger partial charge on any atom is 0.175 e. The average Bonchev–Trinajstić information content (AvgIpc) is 3.02. The first-order valence-electron chi connectivity index (χ1n) is 7.35. The molecule has 0 spiro atoms. The number of benzene rings is 2. The van der Waals surface area contributed by atoms with Gasteiger partial charge in [0.25, 0.3) is 0 Å². The third kappa shape index (κ3) is 3.96. The summed E-state index contributed by atoms with van der Waals surface area (Å²) in [5.74, 6) is 0.621. The highest BCUT2D eigenvalue weighted by Crippen LogP contribution is 2.18. The van der Waals surface area contributed by atoms with E-state index in [4.69, 9.17) is 0 Å². The van der Waals surface area contributed by atoms with Crippen LogP contribution in [0.2, 0.25) is 0 Å². The number of rotatable bonds is 6. The molecule has 0 saturated carbocycles. The van der Waals surface area contributed by atoms with Gasteiger partial charge in [0.2, 0.25) is 0 Å². The molecule has 124 valence electrons. The molecule has 0 aliphatic heterocycles. The smallest absolute Gasteiger partial charge is 0.175 e. The first-order chi connectivity index (χ1) is 11.5. The van der Waals surface area contributed by atoms with E-state index >= 15 is 0 Å². The Labute approximate surface area is 140 Å². The van der Waals surface area contributed by atoms with Gasteiger partial charge in [0.1, 0.15) is 0 Å². The van der Waals surface area contributed by atoms with Crippen molar-refractivity contribution in [2.45, 2.75) is 12.3 Å². The second-order valence-electron chi connectivity index (χ2n) is 5.42. The molecule has 7 nitrogen and oxygen atoms in total. The van der Waals surface area contributed by atoms with E-state index < -0.39 is 9.84 Å². The van der Waals surface area contributed by atoms with E-state index in [0.717, 1.165) is 16.9 Å². The van der Waals surface area contributed by atoms with Crippen molar-refractivity contribution in [2.75, 3.05) is 11.6 Å². The average molecular weight is 343 g/mol. The van der Waals surface area contributed by atoms with Crippen molar-refractivity contribution in [3.05, 3.63) is 66.0 Å². The van der Waals surface area contributed by atoms with Crippen molar-refractivity contribution in [2.24, 2.45) is 0 Å². The molecule has 0 atom stereocenters. The number of hydrogen-bond acceptors (Lipinski definition) is 6. The Morgan fingerprint density at radius 1 is 1.04 bits per heavy atom. The third-order valence-electron chi connectivity index (χ3n) is 3.41. The number of anilines is 1. The van der Waals surface area contributed by atoms with Gasteiger partial charge < -0.3 is 5.32 Å². The number of nitrogens with one attached hydrogen (secondary N) is 1. The van der Waals surface area contributed by atoms with Crippen molar-refractivity contribution in [3.8, 4) is 5.69 Å². The number of hydrogen-bond donors (Lipinski definition) is 1. The Hall–Kier alpha value is -2.74. The van der Waals surface area contributed by atoms with Gasteiger partial charge in [-0.2, -0.15) is 4.68 Å². The highest BCUT2D eigenvalue weighted by atomic mass is 32.2. The zero-order valence-corrected chi connectivity index (χ0v) is 13.9. The molecule has 3 rings (SSSR count). The molecule has 0 amide bonds. The van der Waals surface area contributed by atoms with E-state index in [1.165, 1.54) is 6.26 Å². The van der Waals surface area contributed by atoms with Gasteiger partial charge in [-0.05, 0) is 34.2 Å². The van der Waals surface area contributed by atoms with Crippen molar-refractivity contribution >= 4 is 15.5 Å². The summed E-state index contributed by atoms with van der Waals surface area (Å²) >= 11 is 0. The highest BCUT2D eigenvalue weighted by Gasteiger charge is 2.11. The molecule has 0 saturated heterocycles. The van der Waals surface area contributed by atoms with Crippen LogP contribution in [0.3, 0.4) is 0 Å². The molecule has 0 aliphatic rings. The van der Waals surface area contributed by atoms with E-state index in [0.29, 0.717) is 12.4 Å². The maximum absolute atomic E-state index is 11.6. The monoisotopic (exact) mass is 343 g/mol. The topological polar surface area (TPSA) is 89.8 Å². The summed E-state index contributed by atoms with van der Waals surface area (Å²) < 4.78 is 24.8. The van der Waals surface area contributed by atoms with Crippen LogP contribution in [0, 0.1) is 0 Å². The van der Waals surface area contributed by atoms with Gasteiger partial charge in [0, 0.05) is 11.9 Å². The van der Waals surface area contributed by atoms with E-state index in [1.54, 1.807) is 10.7 Å². The van der Waals surface area contributed by atoms with E-state index in [2.05, 4.69) is 20.8 Å². The van der Waals surface area contributed by atoms with Crippen LogP contribution in [0.15, 0.2) is 54.6 Å². The minimum absolute atomic E-state index is 0.0141. The van der Waals surface area contributed by atoms with E-state index in [1.807, 2.05) is 48.5 Å². The molecule has 0 aliphatic carbocycles. The quantitative estimate of drug-likeness (QED) is 0.734. The number of para-hydroxylation sites is 2. The lowest BCUT2D eigenvalue weighted by Crippen LogP contribution is -2.10. The molecule has 0 bridgehead atoms. The summed E-state index contributed by atoms with van der Waals surface area (Å²) in [6.45, 7) is 0.378. The van der Waals surface area contributed by atoms with Gasteiger partial charge in [0.15, 0.2) is 15.7 Å². The fourth-order valence-electron chi connectivity index (χ4n) is 2.36. The predicted molar refractivity (Wildman–Crippen MR) is 91.5 cm³/mol. The summed E-state index contributed by atoms with van der Waals surface area (Å²) in [5.41, 5.74) is 2.34. The fourth-order valence-corrected chi connectivity index (χ4v) is 3.18. The van der Waals surface area contributed by atoms with Crippen LogP contribution in [0.25, 0.3) is 5.69 Å². The van der Waals surface area contributed by atoms with Gasteiger partial charge in [0.05, 0.1) is 18.0 Å². The zero-order valence-electron chi connectivity index (χ0n) is 13.1. The maximum atomic E-state index is 11.6. The minimum Gasteiger partial charge on any atom is -0.377 e. The summed E-state index contributed by atoms with van der Waals surface area (Å²) in [6, 6.07) is 16.9. The SMILES string of the molecule is CS(=O)(=O)Cc1ccccc1NCc1nnnn1-c1ccccc1.